The minimum atomic E-state index is -4.33. The van der Waals surface area contributed by atoms with Crippen molar-refractivity contribution in [1.29, 1.82) is 0 Å². The minimum Gasteiger partial charge on any atom is -0.304 e. The summed E-state index contributed by atoms with van der Waals surface area (Å²) in [6.45, 7) is 5.30. The molecule has 0 fully saturated rings. The summed E-state index contributed by atoms with van der Waals surface area (Å²) in [5, 5.41) is 0. The van der Waals surface area contributed by atoms with Gasteiger partial charge in [0.2, 0.25) is 0 Å². The molecule has 16 heavy (non-hydrogen) atoms. The van der Waals surface area contributed by atoms with E-state index in [1.54, 1.807) is 11.5 Å². The molecule has 1 aromatic heterocycles. The van der Waals surface area contributed by atoms with E-state index >= 15 is 0 Å². The number of nitrogens with zero attached hydrogens (tertiary/aromatic N) is 2. The van der Waals surface area contributed by atoms with E-state index in [0.717, 1.165) is 12.1 Å². The third-order valence-electron chi connectivity index (χ3n) is 2.38. The third kappa shape index (κ3) is 1.58. The number of benzene rings is 1. The highest BCUT2D eigenvalue weighted by Crippen LogP contribution is 2.31. The molecule has 84 valence electrons. The van der Waals surface area contributed by atoms with Gasteiger partial charge in [-0.25, -0.2) is 4.98 Å². The third-order valence-corrected chi connectivity index (χ3v) is 2.38. The first-order valence-electron chi connectivity index (χ1n) is 4.62. The van der Waals surface area contributed by atoms with Crippen molar-refractivity contribution >= 4 is 17.2 Å². The van der Waals surface area contributed by atoms with Crippen LogP contribution in [0.3, 0.4) is 0 Å². The summed E-state index contributed by atoms with van der Waals surface area (Å²) in [5.74, 6) is 0.615. The molecule has 0 bridgehead atoms. The molecule has 5 heteroatoms. The highest BCUT2D eigenvalue weighted by Gasteiger charge is 2.30. The van der Waals surface area contributed by atoms with Crippen molar-refractivity contribution in [3.8, 4) is 0 Å². The van der Waals surface area contributed by atoms with E-state index < -0.39 is 11.7 Å². The summed E-state index contributed by atoms with van der Waals surface area (Å²) in [4.78, 5) is 4.05. The molecule has 0 amide bonds. The predicted octanol–water partition coefficient (Wildman–Crippen LogP) is 3.46. The van der Waals surface area contributed by atoms with Crippen LogP contribution in [0.4, 0.5) is 13.2 Å². The van der Waals surface area contributed by atoms with Gasteiger partial charge < -0.3 is 4.57 Å². The standard InChI is InChI=1S/C11H9F3N2/c1-3-16-7(2)15-9-6-8(11(12,13)14)4-5-10(9)16/h3-6H,1H2,2H3. The fraction of sp³-hybridized carbons (Fsp3) is 0.182. The van der Waals surface area contributed by atoms with Gasteiger partial charge in [0.25, 0.3) is 0 Å². The van der Waals surface area contributed by atoms with E-state index in [2.05, 4.69) is 11.6 Å². The number of halogens is 3. The number of aryl methyl sites for hydroxylation is 1. The molecule has 0 spiro atoms. The number of alkyl halides is 3. The Labute approximate surface area is 90.0 Å². The molecule has 0 unspecified atom stereocenters. The lowest BCUT2D eigenvalue weighted by Crippen LogP contribution is -2.04. The second kappa shape index (κ2) is 3.37. The van der Waals surface area contributed by atoms with Crippen molar-refractivity contribution < 1.29 is 13.2 Å². The lowest BCUT2D eigenvalue weighted by molar-refractivity contribution is -0.137. The summed E-state index contributed by atoms with van der Waals surface area (Å²) in [5.41, 5.74) is 0.265. The Morgan fingerprint density at radius 2 is 2.06 bits per heavy atom. The van der Waals surface area contributed by atoms with Crippen LogP contribution in [0.15, 0.2) is 24.8 Å². The zero-order valence-corrected chi connectivity index (χ0v) is 8.54. The van der Waals surface area contributed by atoms with Gasteiger partial charge in [0.1, 0.15) is 5.82 Å². The first-order valence-corrected chi connectivity index (χ1v) is 4.62. The maximum absolute atomic E-state index is 12.5. The van der Waals surface area contributed by atoms with E-state index in [1.807, 2.05) is 0 Å². The van der Waals surface area contributed by atoms with Gasteiger partial charge in [-0.2, -0.15) is 13.2 Å². The van der Waals surface area contributed by atoms with Crippen LogP contribution >= 0.6 is 0 Å². The Morgan fingerprint density at radius 3 is 2.62 bits per heavy atom. The molecule has 2 aromatic rings. The second-order valence-electron chi connectivity index (χ2n) is 3.41. The molecule has 0 aliphatic carbocycles. The van der Waals surface area contributed by atoms with Crippen LogP contribution in [0.2, 0.25) is 0 Å². The molecule has 2 rings (SSSR count). The van der Waals surface area contributed by atoms with Gasteiger partial charge in [-0.15, -0.1) is 0 Å². The van der Waals surface area contributed by atoms with Crippen LogP contribution < -0.4 is 0 Å². The van der Waals surface area contributed by atoms with Crippen LogP contribution in [0, 0.1) is 6.92 Å². The molecule has 0 saturated carbocycles. The van der Waals surface area contributed by atoms with Crippen LogP contribution in [-0.2, 0) is 6.18 Å². The summed E-state index contributed by atoms with van der Waals surface area (Å²) < 4.78 is 39.0. The number of fused-ring (bicyclic) bond motifs is 1. The zero-order chi connectivity index (χ0) is 11.9. The molecule has 0 N–H and O–H groups in total. The van der Waals surface area contributed by atoms with Crippen molar-refractivity contribution in [1.82, 2.24) is 9.55 Å². The average molecular weight is 226 g/mol. The Morgan fingerprint density at radius 1 is 1.38 bits per heavy atom. The van der Waals surface area contributed by atoms with E-state index in [-0.39, 0.29) is 0 Å². The largest absolute Gasteiger partial charge is 0.416 e. The predicted molar refractivity (Wildman–Crippen MR) is 55.9 cm³/mol. The second-order valence-corrected chi connectivity index (χ2v) is 3.41. The molecule has 0 aliphatic rings. The van der Waals surface area contributed by atoms with Crippen molar-refractivity contribution in [3.05, 3.63) is 36.2 Å². The molecular formula is C11H9F3N2. The number of rotatable bonds is 1. The first-order chi connectivity index (χ1) is 7.43. The molecular weight excluding hydrogens is 217 g/mol. The van der Waals surface area contributed by atoms with E-state index in [9.17, 15) is 13.2 Å². The summed E-state index contributed by atoms with van der Waals surface area (Å²) in [6.07, 6.45) is -2.81. The summed E-state index contributed by atoms with van der Waals surface area (Å²) in [7, 11) is 0. The molecule has 0 saturated heterocycles. The topological polar surface area (TPSA) is 17.8 Å². The van der Waals surface area contributed by atoms with Gasteiger partial charge in [0, 0.05) is 6.20 Å². The van der Waals surface area contributed by atoms with Crippen molar-refractivity contribution in [3.63, 3.8) is 0 Å². The Balaban J connectivity index is 2.69. The highest BCUT2D eigenvalue weighted by molar-refractivity contribution is 5.79. The monoisotopic (exact) mass is 226 g/mol. The van der Waals surface area contributed by atoms with Crippen molar-refractivity contribution in [2.75, 3.05) is 0 Å². The van der Waals surface area contributed by atoms with Crippen LogP contribution in [-0.4, -0.2) is 9.55 Å². The quantitative estimate of drug-likeness (QED) is 0.728. The number of aromatic nitrogens is 2. The number of imidazole rings is 1. The van der Waals surface area contributed by atoms with Crippen molar-refractivity contribution in [2.24, 2.45) is 0 Å². The number of hydrogen-bond donors (Lipinski definition) is 0. The molecule has 2 nitrogen and oxygen atoms in total. The normalized spacial score (nSPS) is 12.0. The SMILES string of the molecule is C=Cn1c(C)nc2cc(C(F)(F)F)ccc21. The van der Waals surface area contributed by atoms with Crippen LogP contribution in [0.25, 0.3) is 17.2 Å². The Hall–Kier alpha value is -1.78. The van der Waals surface area contributed by atoms with Crippen LogP contribution in [0.5, 0.6) is 0 Å². The fourth-order valence-electron chi connectivity index (χ4n) is 1.63. The van der Waals surface area contributed by atoms with Gasteiger partial charge >= 0.3 is 6.18 Å². The van der Waals surface area contributed by atoms with Gasteiger partial charge in [0.05, 0.1) is 16.6 Å². The zero-order valence-electron chi connectivity index (χ0n) is 8.54. The average Bonchev–Trinajstić information content (AvgIpc) is 2.50. The summed E-state index contributed by atoms with van der Waals surface area (Å²) in [6, 6.07) is 3.49. The molecule has 1 heterocycles. The van der Waals surface area contributed by atoms with Crippen molar-refractivity contribution in [2.45, 2.75) is 13.1 Å². The lowest BCUT2D eigenvalue weighted by atomic mass is 10.2. The van der Waals surface area contributed by atoms with E-state index in [4.69, 9.17) is 0 Å². The Kier molecular flexibility index (Phi) is 2.26. The smallest absolute Gasteiger partial charge is 0.304 e. The van der Waals surface area contributed by atoms with Crippen LogP contribution in [0.1, 0.15) is 11.4 Å². The van der Waals surface area contributed by atoms with E-state index in [1.165, 1.54) is 12.3 Å². The van der Waals surface area contributed by atoms with Gasteiger partial charge in [0.15, 0.2) is 0 Å². The lowest BCUT2D eigenvalue weighted by Gasteiger charge is -2.05. The maximum atomic E-state index is 12.5. The molecule has 1 aromatic carbocycles. The Bertz CT molecular complexity index is 552. The first kappa shape index (κ1) is 10.7. The van der Waals surface area contributed by atoms with Gasteiger partial charge in [-0.3, -0.25) is 0 Å². The fourth-order valence-corrected chi connectivity index (χ4v) is 1.63. The van der Waals surface area contributed by atoms with Gasteiger partial charge in [-0.05, 0) is 25.1 Å². The number of hydrogen-bond acceptors (Lipinski definition) is 1. The molecule has 0 atom stereocenters. The van der Waals surface area contributed by atoms with E-state index in [0.29, 0.717) is 16.9 Å². The highest BCUT2D eigenvalue weighted by atomic mass is 19.4. The molecule has 0 aliphatic heterocycles. The maximum Gasteiger partial charge on any atom is 0.416 e. The molecule has 0 radical (unpaired) electrons. The van der Waals surface area contributed by atoms with Gasteiger partial charge in [-0.1, -0.05) is 6.58 Å². The summed E-state index contributed by atoms with van der Waals surface area (Å²) >= 11 is 0. The minimum absolute atomic E-state index is 0.326.